The van der Waals surface area contributed by atoms with Crippen molar-refractivity contribution in [2.75, 3.05) is 47.5 Å². The number of nitrogens with zero attached hydrogens (tertiary/aromatic N) is 2. The lowest BCUT2D eigenvalue weighted by molar-refractivity contribution is 0.0140. The number of hydrogen-bond donors (Lipinski definition) is 0. The lowest BCUT2D eigenvalue weighted by Gasteiger charge is -2.36. The number of benzene rings is 1. The zero-order valence-electron chi connectivity index (χ0n) is 25.5. The van der Waals surface area contributed by atoms with E-state index in [9.17, 15) is 9.59 Å². The maximum atomic E-state index is 13.8. The van der Waals surface area contributed by atoms with Crippen LogP contribution in [0, 0.1) is 0 Å². The molecule has 0 bridgehead atoms. The van der Waals surface area contributed by atoms with Gasteiger partial charge < -0.3 is 28.7 Å². The first-order valence-electron chi connectivity index (χ1n) is 14.8. The molecule has 0 atom stereocenters. The van der Waals surface area contributed by atoms with Crippen LogP contribution in [0.5, 0.6) is 17.2 Å². The second-order valence-corrected chi connectivity index (χ2v) is 11.4. The van der Waals surface area contributed by atoms with Crippen LogP contribution in [-0.4, -0.2) is 74.9 Å². The molecule has 2 amide bonds. The van der Waals surface area contributed by atoms with Crippen molar-refractivity contribution in [3.8, 4) is 17.2 Å². The lowest BCUT2D eigenvalue weighted by Crippen LogP contribution is -2.51. The molecule has 0 saturated carbocycles. The van der Waals surface area contributed by atoms with Gasteiger partial charge >= 0.3 is 6.09 Å². The van der Waals surface area contributed by atoms with Crippen molar-refractivity contribution >= 4 is 12.0 Å². The molecule has 0 aliphatic carbocycles. The third kappa shape index (κ3) is 10.1. The Morgan fingerprint density at radius 3 is 1.74 bits per heavy atom. The molecule has 0 aromatic heterocycles. The van der Waals surface area contributed by atoms with Crippen LogP contribution in [-0.2, 0) is 11.2 Å². The Kier molecular flexibility index (Phi) is 13.7. The summed E-state index contributed by atoms with van der Waals surface area (Å²) in [5.74, 6) is 1.45. The molecule has 1 aromatic carbocycles. The molecule has 39 heavy (non-hydrogen) atoms. The Hall–Kier alpha value is -2.64. The van der Waals surface area contributed by atoms with Crippen molar-refractivity contribution in [2.24, 2.45) is 0 Å². The van der Waals surface area contributed by atoms with E-state index >= 15 is 0 Å². The number of ether oxygens (including phenoxy) is 4. The van der Waals surface area contributed by atoms with E-state index in [1.165, 1.54) is 51.4 Å². The van der Waals surface area contributed by atoms with Crippen molar-refractivity contribution in [2.45, 2.75) is 104 Å². The van der Waals surface area contributed by atoms with Crippen LogP contribution < -0.4 is 14.2 Å². The van der Waals surface area contributed by atoms with E-state index in [0.29, 0.717) is 49.0 Å². The SMILES string of the molecule is CCCCCCCCCCCCc1c(C(=O)N2CCN(C(=O)OC(C)(C)C)CC2)cc(OC)c(OC)c1OC. The summed E-state index contributed by atoms with van der Waals surface area (Å²) >= 11 is 0. The van der Waals surface area contributed by atoms with E-state index in [4.69, 9.17) is 18.9 Å². The van der Waals surface area contributed by atoms with Gasteiger partial charge in [-0.25, -0.2) is 4.79 Å². The Labute approximate surface area is 236 Å². The van der Waals surface area contributed by atoms with Gasteiger partial charge in [0.1, 0.15) is 5.60 Å². The van der Waals surface area contributed by atoms with Gasteiger partial charge in [0.05, 0.1) is 26.9 Å². The van der Waals surface area contributed by atoms with Crippen LogP contribution >= 0.6 is 0 Å². The predicted molar refractivity (Wildman–Crippen MR) is 155 cm³/mol. The minimum atomic E-state index is -0.552. The average Bonchev–Trinajstić information content (AvgIpc) is 2.92. The minimum Gasteiger partial charge on any atom is -0.493 e. The molecular weight excluding hydrogens is 496 g/mol. The standard InChI is InChI=1S/C31H52N2O6/c1-8-9-10-11-12-13-14-15-16-17-18-24-25(23-26(36-5)28(38-7)27(24)37-6)29(34)32-19-21-33(22-20-32)30(35)39-31(2,3)4/h23H,8-22H2,1-7H3. The second-order valence-electron chi connectivity index (χ2n) is 11.4. The molecule has 1 aromatic rings. The molecule has 0 radical (unpaired) electrons. The molecule has 1 fully saturated rings. The number of unbranched alkanes of at least 4 members (excludes halogenated alkanes) is 9. The first-order chi connectivity index (χ1) is 18.7. The van der Waals surface area contributed by atoms with E-state index < -0.39 is 5.60 Å². The number of rotatable bonds is 15. The molecule has 8 heteroatoms. The molecule has 1 aliphatic rings. The first kappa shape index (κ1) is 32.6. The van der Waals surface area contributed by atoms with Gasteiger partial charge in [-0.05, 0) is 39.7 Å². The van der Waals surface area contributed by atoms with Gasteiger partial charge in [0.2, 0.25) is 5.75 Å². The maximum Gasteiger partial charge on any atom is 0.410 e. The van der Waals surface area contributed by atoms with E-state index in [2.05, 4.69) is 6.92 Å². The van der Waals surface area contributed by atoms with E-state index in [0.717, 1.165) is 24.8 Å². The predicted octanol–water partition coefficient (Wildman–Crippen LogP) is 6.87. The normalized spacial score (nSPS) is 13.8. The molecule has 0 spiro atoms. The zero-order chi connectivity index (χ0) is 28.8. The maximum absolute atomic E-state index is 13.8. The van der Waals surface area contributed by atoms with Crippen molar-refractivity contribution < 1.29 is 28.5 Å². The molecule has 2 rings (SSSR count). The van der Waals surface area contributed by atoms with Gasteiger partial charge in [0.15, 0.2) is 11.5 Å². The Balaban J connectivity index is 2.08. The molecule has 0 N–H and O–H groups in total. The fraction of sp³-hybridized carbons (Fsp3) is 0.742. The molecule has 1 heterocycles. The van der Waals surface area contributed by atoms with Gasteiger partial charge in [0.25, 0.3) is 5.91 Å². The monoisotopic (exact) mass is 548 g/mol. The Morgan fingerprint density at radius 1 is 0.744 bits per heavy atom. The second kappa shape index (κ2) is 16.5. The van der Waals surface area contributed by atoms with Crippen LogP contribution in [0.1, 0.15) is 108 Å². The van der Waals surface area contributed by atoms with Crippen LogP contribution in [0.25, 0.3) is 0 Å². The van der Waals surface area contributed by atoms with Gasteiger partial charge in [-0.3, -0.25) is 4.79 Å². The average molecular weight is 549 g/mol. The fourth-order valence-corrected chi connectivity index (χ4v) is 5.03. The molecular formula is C31H52N2O6. The summed E-state index contributed by atoms with van der Waals surface area (Å²) in [6, 6.07) is 1.77. The molecule has 1 aliphatic heterocycles. The van der Waals surface area contributed by atoms with E-state index in [-0.39, 0.29) is 12.0 Å². The van der Waals surface area contributed by atoms with Gasteiger partial charge in [-0.2, -0.15) is 0 Å². The number of methoxy groups -OCH3 is 3. The molecule has 8 nitrogen and oxygen atoms in total. The molecule has 0 unspecified atom stereocenters. The van der Waals surface area contributed by atoms with Gasteiger partial charge in [0, 0.05) is 31.7 Å². The summed E-state index contributed by atoms with van der Waals surface area (Å²) in [5, 5.41) is 0. The van der Waals surface area contributed by atoms with Crippen molar-refractivity contribution in [3.05, 3.63) is 17.2 Å². The highest BCUT2D eigenvalue weighted by Gasteiger charge is 2.31. The summed E-state index contributed by atoms with van der Waals surface area (Å²) < 4.78 is 22.5. The quantitative estimate of drug-likeness (QED) is 0.223. The largest absolute Gasteiger partial charge is 0.493 e. The summed E-state index contributed by atoms with van der Waals surface area (Å²) in [6.07, 6.45) is 12.8. The smallest absolute Gasteiger partial charge is 0.410 e. The minimum absolute atomic E-state index is 0.0832. The van der Waals surface area contributed by atoms with Crippen LogP contribution in [0.4, 0.5) is 4.79 Å². The number of hydrogen-bond acceptors (Lipinski definition) is 6. The molecule has 222 valence electrons. The highest BCUT2D eigenvalue weighted by molar-refractivity contribution is 5.97. The highest BCUT2D eigenvalue weighted by atomic mass is 16.6. The van der Waals surface area contributed by atoms with Gasteiger partial charge in [-0.1, -0.05) is 64.7 Å². The number of amides is 2. The Morgan fingerprint density at radius 2 is 1.26 bits per heavy atom. The van der Waals surface area contributed by atoms with Crippen LogP contribution in [0.15, 0.2) is 6.07 Å². The summed E-state index contributed by atoms with van der Waals surface area (Å²) in [5.41, 5.74) is 0.879. The van der Waals surface area contributed by atoms with Crippen molar-refractivity contribution in [1.82, 2.24) is 9.80 Å². The first-order valence-corrected chi connectivity index (χ1v) is 14.8. The topological polar surface area (TPSA) is 77.5 Å². The molecule has 1 saturated heterocycles. The summed E-state index contributed by atoms with van der Waals surface area (Å²) in [4.78, 5) is 29.7. The number of carbonyl (C=O) groups is 2. The summed E-state index contributed by atoms with van der Waals surface area (Å²) in [6.45, 7) is 9.54. The van der Waals surface area contributed by atoms with E-state index in [1.54, 1.807) is 37.2 Å². The van der Waals surface area contributed by atoms with Gasteiger partial charge in [-0.15, -0.1) is 0 Å². The van der Waals surface area contributed by atoms with E-state index in [1.807, 2.05) is 20.8 Å². The van der Waals surface area contributed by atoms with Crippen molar-refractivity contribution in [1.29, 1.82) is 0 Å². The fourth-order valence-electron chi connectivity index (χ4n) is 5.03. The Bertz CT molecular complexity index is 903. The van der Waals surface area contributed by atoms with Crippen LogP contribution in [0.2, 0.25) is 0 Å². The third-order valence-corrected chi connectivity index (χ3v) is 7.16. The zero-order valence-corrected chi connectivity index (χ0v) is 25.5. The van der Waals surface area contributed by atoms with Crippen LogP contribution in [0.3, 0.4) is 0 Å². The lowest BCUT2D eigenvalue weighted by atomic mass is 9.96. The third-order valence-electron chi connectivity index (χ3n) is 7.16. The van der Waals surface area contributed by atoms with Crippen molar-refractivity contribution in [3.63, 3.8) is 0 Å². The summed E-state index contributed by atoms with van der Waals surface area (Å²) in [7, 11) is 4.75. The highest BCUT2D eigenvalue weighted by Crippen LogP contribution is 2.43. The number of carbonyl (C=O) groups excluding carboxylic acids is 2. The number of piperazine rings is 1.